The molecule has 0 unspecified atom stereocenters. The molecule has 262 valence electrons. The van der Waals surface area contributed by atoms with E-state index >= 15 is 0 Å². The summed E-state index contributed by atoms with van der Waals surface area (Å²) >= 11 is 0. The zero-order valence-corrected chi connectivity index (χ0v) is 29.9. The van der Waals surface area contributed by atoms with Gasteiger partial charge >= 0.3 is 0 Å². The van der Waals surface area contributed by atoms with Crippen LogP contribution in [0.4, 0.5) is 0 Å². The molecule has 0 N–H and O–H groups in total. The highest BCUT2D eigenvalue weighted by molar-refractivity contribution is 6.05. The quantitative estimate of drug-likeness (QED) is 0.170. The van der Waals surface area contributed by atoms with E-state index < -0.39 is 0 Å². The van der Waals surface area contributed by atoms with Gasteiger partial charge in [-0.05, 0) is 83.9 Å². The van der Waals surface area contributed by atoms with Crippen LogP contribution in [0.2, 0.25) is 0 Å². The van der Waals surface area contributed by atoms with Gasteiger partial charge in [0.25, 0.3) is 0 Å². The van der Waals surface area contributed by atoms with Crippen molar-refractivity contribution in [2.45, 2.75) is 0 Å². The summed E-state index contributed by atoms with van der Waals surface area (Å²) in [4.78, 5) is 29.0. The molecule has 0 saturated heterocycles. The van der Waals surface area contributed by atoms with Gasteiger partial charge in [0, 0.05) is 57.8 Å². The molecule has 0 aliphatic carbocycles. The lowest BCUT2D eigenvalue weighted by Gasteiger charge is -2.14. The Hall–Kier alpha value is -7.84. The first-order chi connectivity index (χ1) is 27.8. The average Bonchev–Trinajstić information content (AvgIpc) is 3.86. The van der Waals surface area contributed by atoms with Crippen LogP contribution in [-0.2, 0) is 0 Å². The van der Waals surface area contributed by atoms with E-state index in [0.29, 0.717) is 0 Å². The van der Waals surface area contributed by atoms with Crippen LogP contribution in [0.25, 0.3) is 100 Å². The van der Waals surface area contributed by atoms with Gasteiger partial charge in [-0.2, -0.15) is 0 Å². The number of para-hydroxylation sites is 4. The summed E-state index contributed by atoms with van der Waals surface area (Å²) in [5.41, 5.74) is 13.9. The van der Waals surface area contributed by atoms with Gasteiger partial charge in [0.2, 0.25) is 0 Å². The number of rotatable bonds is 6. The zero-order chi connectivity index (χ0) is 37.0. The highest BCUT2D eigenvalue weighted by Gasteiger charge is 2.21. The number of imidazole rings is 2. The Balaban J connectivity index is 1.01. The molecule has 8 heteroatoms. The van der Waals surface area contributed by atoms with Gasteiger partial charge in [-0.15, -0.1) is 0 Å². The summed E-state index contributed by atoms with van der Waals surface area (Å²) in [5.74, 6) is 1.69. The van der Waals surface area contributed by atoms with Crippen LogP contribution < -0.4 is 0 Å². The van der Waals surface area contributed by atoms with Crippen molar-refractivity contribution in [2.75, 3.05) is 0 Å². The SMILES string of the molecule is c1cncc(-n2c(-c3ccc(-c4ccc(-c5ccc(-c6nc7ccccc7n6-c6cccnc6)c6cccnc56)cc4)c4ncccc34)nc3ccccc32)c1. The maximum absolute atomic E-state index is 5.13. The molecule has 5 aromatic carbocycles. The third-order valence-corrected chi connectivity index (χ3v) is 10.5. The maximum atomic E-state index is 5.13. The van der Waals surface area contributed by atoms with E-state index in [2.05, 4.69) is 104 Å². The molecule has 11 aromatic rings. The molecule has 0 aliphatic heterocycles. The van der Waals surface area contributed by atoms with Crippen LogP contribution in [0.15, 0.2) is 183 Å². The third kappa shape index (κ3) is 5.08. The Kier molecular flexibility index (Phi) is 7.31. The van der Waals surface area contributed by atoms with E-state index in [9.17, 15) is 0 Å². The number of hydrogen-bond acceptors (Lipinski definition) is 6. The topological polar surface area (TPSA) is 87.2 Å². The molecule has 0 aliphatic rings. The van der Waals surface area contributed by atoms with Gasteiger partial charge in [0.1, 0.15) is 11.6 Å². The van der Waals surface area contributed by atoms with Crippen molar-refractivity contribution in [3.05, 3.63) is 183 Å². The molecule has 0 amide bonds. The minimum absolute atomic E-state index is 0.845. The largest absolute Gasteiger partial charge is 0.291 e. The molecule has 56 heavy (non-hydrogen) atoms. The van der Waals surface area contributed by atoms with Gasteiger partial charge in [0.15, 0.2) is 0 Å². The Morgan fingerprint density at radius 1 is 0.357 bits per heavy atom. The van der Waals surface area contributed by atoms with Crippen LogP contribution >= 0.6 is 0 Å². The summed E-state index contributed by atoms with van der Waals surface area (Å²) < 4.78 is 4.35. The van der Waals surface area contributed by atoms with Crippen LogP contribution in [0.1, 0.15) is 0 Å². The Bertz CT molecular complexity index is 3020. The first-order valence-corrected chi connectivity index (χ1v) is 18.4. The fourth-order valence-electron chi connectivity index (χ4n) is 7.94. The van der Waals surface area contributed by atoms with E-state index in [0.717, 1.165) is 100 Å². The van der Waals surface area contributed by atoms with Gasteiger partial charge < -0.3 is 0 Å². The van der Waals surface area contributed by atoms with Crippen LogP contribution in [-0.4, -0.2) is 39.0 Å². The van der Waals surface area contributed by atoms with Crippen LogP contribution in [0.5, 0.6) is 0 Å². The number of nitrogens with zero attached hydrogens (tertiary/aromatic N) is 8. The summed E-state index contributed by atoms with van der Waals surface area (Å²) in [6.45, 7) is 0. The molecule has 6 aromatic heterocycles. The summed E-state index contributed by atoms with van der Waals surface area (Å²) in [7, 11) is 0. The summed E-state index contributed by atoms with van der Waals surface area (Å²) in [6, 6.07) is 50.0. The molecular formula is C48H30N8. The second-order valence-corrected chi connectivity index (χ2v) is 13.6. The normalized spacial score (nSPS) is 11.6. The molecular weight excluding hydrogens is 689 g/mol. The minimum atomic E-state index is 0.845. The van der Waals surface area contributed by atoms with Crippen molar-refractivity contribution in [3.63, 3.8) is 0 Å². The van der Waals surface area contributed by atoms with E-state index in [1.54, 1.807) is 12.4 Å². The predicted molar refractivity (Wildman–Crippen MR) is 224 cm³/mol. The smallest absolute Gasteiger partial charge is 0.146 e. The molecule has 0 fully saturated rings. The highest BCUT2D eigenvalue weighted by Crippen LogP contribution is 2.40. The highest BCUT2D eigenvalue weighted by atomic mass is 15.1. The molecule has 11 rings (SSSR count). The number of fused-ring (bicyclic) bond motifs is 4. The van der Waals surface area contributed by atoms with E-state index in [4.69, 9.17) is 19.9 Å². The lowest BCUT2D eigenvalue weighted by molar-refractivity contribution is 1.08. The number of aromatic nitrogens is 8. The third-order valence-electron chi connectivity index (χ3n) is 10.5. The van der Waals surface area contributed by atoms with Gasteiger partial charge in [-0.25, -0.2) is 9.97 Å². The monoisotopic (exact) mass is 718 g/mol. The van der Waals surface area contributed by atoms with Crippen molar-refractivity contribution in [2.24, 2.45) is 0 Å². The zero-order valence-electron chi connectivity index (χ0n) is 29.9. The lowest BCUT2D eigenvalue weighted by Crippen LogP contribution is -1.99. The second kappa shape index (κ2) is 12.9. The molecule has 0 radical (unpaired) electrons. The van der Waals surface area contributed by atoms with Crippen LogP contribution in [0.3, 0.4) is 0 Å². The Morgan fingerprint density at radius 3 is 1.23 bits per heavy atom. The van der Waals surface area contributed by atoms with Gasteiger partial charge in [-0.1, -0.05) is 72.8 Å². The van der Waals surface area contributed by atoms with Crippen molar-refractivity contribution >= 4 is 43.9 Å². The fourth-order valence-corrected chi connectivity index (χ4v) is 7.94. The predicted octanol–water partition coefficient (Wildman–Crippen LogP) is 10.9. The Labute approximate surface area is 321 Å². The maximum Gasteiger partial charge on any atom is 0.146 e. The number of benzene rings is 5. The van der Waals surface area contributed by atoms with E-state index in [-0.39, 0.29) is 0 Å². The fraction of sp³-hybridized carbons (Fsp3) is 0. The standard InChI is InChI=1S/C48H30N8/c1-3-15-43-41(13-1)53-47(55(43)33-9-5-25-49-29-33)39-23-21-35(45-37(39)11-7-27-51-45)31-17-19-32(20-18-31)36-22-24-40(38-12-8-28-52-46(36)38)48-54-42-14-2-4-16-44(42)56(48)34-10-6-26-50-30-34/h1-30H. The van der Waals surface area contributed by atoms with E-state index in [1.165, 1.54) is 0 Å². The average molecular weight is 719 g/mol. The Morgan fingerprint density at radius 2 is 0.786 bits per heavy atom. The van der Waals surface area contributed by atoms with Crippen molar-refractivity contribution in [3.8, 4) is 56.4 Å². The lowest BCUT2D eigenvalue weighted by atomic mass is 9.94. The summed E-state index contributed by atoms with van der Waals surface area (Å²) in [6.07, 6.45) is 11.0. The minimum Gasteiger partial charge on any atom is -0.291 e. The summed E-state index contributed by atoms with van der Waals surface area (Å²) in [5, 5.41) is 2.05. The second-order valence-electron chi connectivity index (χ2n) is 13.6. The first kappa shape index (κ1) is 31.7. The van der Waals surface area contributed by atoms with Crippen molar-refractivity contribution in [1.29, 1.82) is 0 Å². The molecule has 0 atom stereocenters. The van der Waals surface area contributed by atoms with Crippen LogP contribution in [0, 0.1) is 0 Å². The van der Waals surface area contributed by atoms with Crippen molar-refractivity contribution < 1.29 is 0 Å². The molecule has 6 heterocycles. The molecule has 0 spiro atoms. The van der Waals surface area contributed by atoms with E-state index in [1.807, 2.05) is 85.5 Å². The van der Waals surface area contributed by atoms with Gasteiger partial charge in [0.05, 0.1) is 56.9 Å². The molecule has 0 saturated carbocycles. The number of pyridine rings is 4. The first-order valence-electron chi connectivity index (χ1n) is 18.4. The van der Waals surface area contributed by atoms with Gasteiger partial charge in [-0.3, -0.25) is 29.1 Å². The molecule has 8 nitrogen and oxygen atoms in total. The molecule has 0 bridgehead atoms. The van der Waals surface area contributed by atoms with Crippen molar-refractivity contribution in [1.82, 2.24) is 39.0 Å². The number of hydrogen-bond donors (Lipinski definition) is 0.